The highest BCUT2D eigenvalue weighted by atomic mass is 16.2. The van der Waals surface area contributed by atoms with Crippen LogP contribution in [0.1, 0.15) is 48.4 Å². The lowest BCUT2D eigenvalue weighted by molar-refractivity contribution is 0.0278. The smallest absolute Gasteiger partial charge is 0.274 e. The number of aryl methyl sites for hydroxylation is 1. The Kier molecular flexibility index (Phi) is 5.25. The summed E-state index contributed by atoms with van der Waals surface area (Å²) < 4.78 is 0. The van der Waals surface area contributed by atoms with Crippen LogP contribution >= 0.6 is 0 Å². The molecule has 3 rings (SSSR count). The van der Waals surface area contributed by atoms with Crippen LogP contribution in [0.2, 0.25) is 0 Å². The van der Waals surface area contributed by atoms with Crippen molar-refractivity contribution in [1.82, 2.24) is 24.9 Å². The molecule has 6 heteroatoms. The van der Waals surface area contributed by atoms with Gasteiger partial charge in [-0.25, -0.2) is 0 Å². The van der Waals surface area contributed by atoms with Crippen molar-refractivity contribution in [3.63, 3.8) is 0 Å². The lowest BCUT2D eigenvalue weighted by Gasteiger charge is -2.44. The van der Waals surface area contributed by atoms with Gasteiger partial charge in [0.05, 0.1) is 0 Å². The van der Waals surface area contributed by atoms with E-state index in [-0.39, 0.29) is 5.91 Å². The summed E-state index contributed by atoms with van der Waals surface area (Å²) in [4.78, 5) is 19.8. The fourth-order valence-corrected chi connectivity index (χ4v) is 4.09. The van der Waals surface area contributed by atoms with Crippen LogP contribution in [0.15, 0.2) is 0 Å². The number of nitrogens with zero attached hydrogens (tertiary/aromatic N) is 4. The summed E-state index contributed by atoms with van der Waals surface area (Å²) in [7, 11) is 4.21. The van der Waals surface area contributed by atoms with Gasteiger partial charge in [0.15, 0.2) is 5.69 Å². The van der Waals surface area contributed by atoms with Crippen LogP contribution < -0.4 is 0 Å². The molecule has 1 aliphatic carbocycles. The van der Waals surface area contributed by atoms with Gasteiger partial charge >= 0.3 is 0 Å². The van der Waals surface area contributed by atoms with Gasteiger partial charge in [-0.3, -0.25) is 14.8 Å². The van der Waals surface area contributed by atoms with Crippen molar-refractivity contribution < 1.29 is 4.79 Å². The summed E-state index contributed by atoms with van der Waals surface area (Å²) in [5.41, 5.74) is 3.02. The lowest BCUT2D eigenvalue weighted by atomic mass is 9.95. The molecule has 1 saturated heterocycles. The van der Waals surface area contributed by atoms with Gasteiger partial charge < -0.3 is 9.80 Å². The number of rotatable bonds is 4. The number of fused-ring (bicyclic) bond motifs is 1. The van der Waals surface area contributed by atoms with Crippen molar-refractivity contribution in [2.45, 2.75) is 51.6 Å². The Bertz CT molecular complexity index is 570. The maximum absolute atomic E-state index is 13.0. The van der Waals surface area contributed by atoms with E-state index in [0.29, 0.717) is 17.8 Å². The van der Waals surface area contributed by atoms with E-state index in [1.807, 2.05) is 4.90 Å². The monoisotopic (exact) mass is 333 g/mol. The molecule has 1 amide bonds. The summed E-state index contributed by atoms with van der Waals surface area (Å²) in [6.07, 6.45) is 4.38. The molecule has 2 atom stereocenters. The highest BCUT2D eigenvalue weighted by Crippen LogP contribution is 2.24. The summed E-state index contributed by atoms with van der Waals surface area (Å²) in [6, 6.07) is 0.764. The second kappa shape index (κ2) is 7.23. The molecule has 134 valence electrons. The number of carbonyl (C=O) groups excluding carboxylic acids is 1. The minimum Gasteiger partial charge on any atom is -0.334 e. The number of H-pyrrole nitrogens is 1. The topological polar surface area (TPSA) is 55.5 Å². The first-order valence-electron chi connectivity index (χ1n) is 9.23. The van der Waals surface area contributed by atoms with Crippen LogP contribution in [-0.2, 0) is 12.8 Å². The average molecular weight is 333 g/mol. The molecule has 1 fully saturated rings. The third kappa shape index (κ3) is 3.49. The molecule has 1 N–H and O–H groups in total. The van der Waals surface area contributed by atoms with E-state index in [0.717, 1.165) is 45.4 Å². The number of piperazine rings is 1. The van der Waals surface area contributed by atoms with Crippen LogP contribution in [-0.4, -0.2) is 83.2 Å². The van der Waals surface area contributed by atoms with Crippen LogP contribution in [0.5, 0.6) is 0 Å². The fraction of sp³-hybridized carbons (Fsp3) is 0.778. The van der Waals surface area contributed by atoms with E-state index in [2.05, 4.69) is 47.9 Å². The standard InChI is InChI=1S/C18H31N5O/c1-13-11-22(12-14(2)23(13)10-9-21(3)4)18(24)17-15-7-5-6-8-16(15)19-20-17/h13-14H,5-12H2,1-4H3,(H,19,20). The Hall–Kier alpha value is -1.40. The number of likely N-dealkylation sites (N-methyl/N-ethyl adjacent to an activating group) is 1. The molecule has 0 spiro atoms. The predicted molar refractivity (Wildman–Crippen MR) is 95.3 cm³/mol. The van der Waals surface area contributed by atoms with Gasteiger partial charge in [-0.1, -0.05) is 0 Å². The normalized spacial score (nSPS) is 25.1. The first-order valence-corrected chi connectivity index (χ1v) is 9.23. The van der Waals surface area contributed by atoms with E-state index < -0.39 is 0 Å². The van der Waals surface area contributed by atoms with Gasteiger partial charge in [-0.2, -0.15) is 5.10 Å². The van der Waals surface area contributed by atoms with Crippen molar-refractivity contribution in [3.8, 4) is 0 Å². The first-order chi connectivity index (χ1) is 11.5. The highest BCUT2D eigenvalue weighted by molar-refractivity contribution is 5.94. The molecule has 6 nitrogen and oxygen atoms in total. The largest absolute Gasteiger partial charge is 0.334 e. The number of amides is 1. The van der Waals surface area contributed by atoms with Gasteiger partial charge in [0.25, 0.3) is 5.91 Å². The summed E-state index contributed by atoms with van der Waals surface area (Å²) in [6.45, 7) is 8.14. The molecular formula is C18H31N5O. The Morgan fingerprint density at radius 1 is 1.21 bits per heavy atom. The maximum Gasteiger partial charge on any atom is 0.274 e. The third-order valence-corrected chi connectivity index (χ3v) is 5.45. The molecule has 0 aromatic carbocycles. The van der Waals surface area contributed by atoms with Gasteiger partial charge in [0.2, 0.25) is 0 Å². The fourth-order valence-electron chi connectivity index (χ4n) is 4.09. The molecule has 2 heterocycles. The Morgan fingerprint density at radius 3 is 2.54 bits per heavy atom. The molecule has 1 aliphatic heterocycles. The minimum absolute atomic E-state index is 0.111. The number of hydrogen-bond acceptors (Lipinski definition) is 4. The molecule has 2 unspecified atom stereocenters. The number of aromatic amines is 1. The second-order valence-corrected chi connectivity index (χ2v) is 7.69. The zero-order valence-corrected chi connectivity index (χ0v) is 15.5. The van der Waals surface area contributed by atoms with E-state index in [1.165, 1.54) is 17.7 Å². The molecular weight excluding hydrogens is 302 g/mol. The Balaban J connectivity index is 1.68. The quantitative estimate of drug-likeness (QED) is 0.905. The molecule has 0 radical (unpaired) electrons. The van der Waals surface area contributed by atoms with Crippen molar-refractivity contribution in [1.29, 1.82) is 0 Å². The number of carbonyl (C=O) groups is 1. The third-order valence-electron chi connectivity index (χ3n) is 5.45. The number of hydrogen-bond donors (Lipinski definition) is 1. The SMILES string of the molecule is CC1CN(C(=O)c2n[nH]c3c2CCCC3)CC(C)N1CCN(C)C. The van der Waals surface area contributed by atoms with Crippen LogP contribution in [0.3, 0.4) is 0 Å². The van der Waals surface area contributed by atoms with E-state index >= 15 is 0 Å². The summed E-state index contributed by atoms with van der Waals surface area (Å²) in [5.74, 6) is 0.111. The lowest BCUT2D eigenvalue weighted by Crippen LogP contribution is -2.59. The number of nitrogens with one attached hydrogen (secondary N) is 1. The highest BCUT2D eigenvalue weighted by Gasteiger charge is 2.34. The molecule has 24 heavy (non-hydrogen) atoms. The molecule has 2 aliphatic rings. The second-order valence-electron chi connectivity index (χ2n) is 7.69. The van der Waals surface area contributed by atoms with Crippen LogP contribution in [0.25, 0.3) is 0 Å². The number of aromatic nitrogens is 2. The average Bonchev–Trinajstić information content (AvgIpc) is 2.97. The van der Waals surface area contributed by atoms with E-state index in [4.69, 9.17) is 0 Å². The van der Waals surface area contributed by atoms with Crippen molar-refractivity contribution in [2.75, 3.05) is 40.3 Å². The zero-order chi connectivity index (χ0) is 17.3. The van der Waals surface area contributed by atoms with Crippen LogP contribution in [0.4, 0.5) is 0 Å². The summed E-state index contributed by atoms with van der Waals surface area (Å²) >= 11 is 0. The predicted octanol–water partition coefficient (Wildman–Crippen LogP) is 1.38. The van der Waals surface area contributed by atoms with Gasteiger partial charge in [-0.15, -0.1) is 0 Å². The molecule has 0 bridgehead atoms. The molecule has 0 saturated carbocycles. The van der Waals surface area contributed by atoms with E-state index in [9.17, 15) is 4.79 Å². The first kappa shape index (κ1) is 17.4. The molecule has 1 aromatic rings. The Labute approximate surface area is 145 Å². The van der Waals surface area contributed by atoms with Crippen LogP contribution in [0, 0.1) is 0 Å². The van der Waals surface area contributed by atoms with Gasteiger partial charge in [0, 0.05) is 49.5 Å². The minimum atomic E-state index is 0.111. The zero-order valence-electron chi connectivity index (χ0n) is 15.5. The van der Waals surface area contributed by atoms with Gasteiger partial charge in [0.1, 0.15) is 0 Å². The summed E-state index contributed by atoms with van der Waals surface area (Å²) in [5, 5.41) is 7.46. The van der Waals surface area contributed by atoms with Crippen molar-refractivity contribution in [3.05, 3.63) is 17.0 Å². The van der Waals surface area contributed by atoms with Gasteiger partial charge in [-0.05, 0) is 53.6 Å². The molecule has 1 aromatic heterocycles. The van der Waals surface area contributed by atoms with Crippen molar-refractivity contribution >= 4 is 5.91 Å². The maximum atomic E-state index is 13.0. The Morgan fingerprint density at radius 2 is 1.88 bits per heavy atom. The van der Waals surface area contributed by atoms with E-state index in [1.54, 1.807) is 0 Å². The van der Waals surface area contributed by atoms with Crippen molar-refractivity contribution in [2.24, 2.45) is 0 Å².